The van der Waals surface area contributed by atoms with E-state index in [-0.39, 0.29) is 0 Å². The largest absolute Gasteiger partial charge is 0.298 e. The zero-order valence-corrected chi connectivity index (χ0v) is 10.3. The van der Waals surface area contributed by atoms with Crippen LogP contribution in [0.1, 0.15) is 17.5 Å². The highest BCUT2D eigenvalue weighted by molar-refractivity contribution is 7.99. The van der Waals surface area contributed by atoms with Crippen molar-refractivity contribution in [3.05, 3.63) is 35.4 Å². The number of rotatable bonds is 3. The highest BCUT2D eigenvalue weighted by atomic mass is 32.2. The molecule has 84 valence electrons. The number of benzene rings is 1. The summed E-state index contributed by atoms with van der Waals surface area (Å²) in [6, 6.07) is 10.8. The monoisotopic (exact) mass is 232 g/mol. The average molecular weight is 232 g/mol. The zero-order valence-electron chi connectivity index (χ0n) is 9.52. The van der Waals surface area contributed by atoms with Gasteiger partial charge in [-0.1, -0.05) is 18.2 Å². The molecule has 2 nitrogen and oxygen atoms in total. The van der Waals surface area contributed by atoms with E-state index in [0.717, 1.165) is 17.7 Å². The molecule has 2 rings (SSSR count). The van der Waals surface area contributed by atoms with Crippen molar-refractivity contribution >= 4 is 11.8 Å². The molecule has 1 aromatic carbocycles. The third kappa shape index (κ3) is 2.58. The summed E-state index contributed by atoms with van der Waals surface area (Å²) < 4.78 is 0. The highest BCUT2D eigenvalue weighted by Crippen LogP contribution is 2.23. The molecule has 0 saturated carbocycles. The minimum absolute atomic E-state index is 0.678. The summed E-state index contributed by atoms with van der Waals surface area (Å²) in [5.74, 6) is 2.50. The van der Waals surface area contributed by atoms with E-state index in [2.05, 4.69) is 24.1 Å². The Balaban J connectivity index is 2.05. The lowest BCUT2D eigenvalue weighted by Gasteiger charge is -2.23. The summed E-state index contributed by atoms with van der Waals surface area (Å²) in [4.78, 5) is 2.37. The lowest BCUT2D eigenvalue weighted by Crippen LogP contribution is -2.31. The molecule has 0 amide bonds. The Hall–Kier alpha value is -0.980. The van der Waals surface area contributed by atoms with E-state index < -0.39 is 0 Å². The van der Waals surface area contributed by atoms with Crippen molar-refractivity contribution in [2.24, 2.45) is 0 Å². The van der Waals surface area contributed by atoms with Gasteiger partial charge in [-0.3, -0.25) is 4.90 Å². The van der Waals surface area contributed by atoms with Crippen molar-refractivity contribution in [1.82, 2.24) is 4.90 Å². The molecule has 1 aliphatic heterocycles. The molecule has 0 radical (unpaired) electrons. The number of hydrogen-bond donors (Lipinski definition) is 0. The molecule has 1 aliphatic rings. The normalized spacial score (nSPS) is 19.9. The summed E-state index contributed by atoms with van der Waals surface area (Å²) in [6.45, 7) is 0.884. The first-order chi connectivity index (χ1) is 7.81. The van der Waals surface area contributed by atoms with Crippen molar-refractivity contribution in [1.29, 1.82) is 5.26 Å². The Morgan fingerprint density at radius 2 is 2.31 bits per heavy atom. The van der Waals surface area contributed by atoms with Crippen LogP contribution >= 0.6 is 11.8 Å². The van der Waals surface area contributed by atoms with Gasteiger partial charge in [-0.25, -0.2) is 0 Å². The Morgan fingerprint density at radius 3 is 3.00 bits per heavy atom. The predicted molar refractivity (Wildman–Crippen MR) is 68.4 cm³/mol. The fourth-order valence-corrected chi connectivity index (χ4v) is 3.33. The topological polar surface area (TPSA) is 27.0 Å². The van der Waals surface area contributed by atoms with Crippen LogP contribution < -0.4 is 0 Å². The van der Waals surface area contributed by atoms with Gasteiger partial charge in [-0.05, 0) is 30.9 Å². The van der Waals surface area contributed by atoms with E-state index in [1.165, 1.54) is 17.9 Å². The first-order valence-corrected chi connectivity index (χ1v) is 6.72. The van der Waals surface area contributed by atoms with Crippen LogP contribution in [0.2, 0.25) is 0 Å². The summed E-state index contributed by atoms with van der Waals surface area (Å²) in [5.41, 5.74) is 1.95. The van der Waals surface area contributed by atoms with Gasteiger partial charge in [0, 0.05) is 18.3 Å². The van der Waals surface area contributed by atoms with Crippen molar-refractivity contribution < 1.29 is 0 Å². The second kappa shape index (κ2) is 5.38. The van der Waals surface area contributed by atoms with Crippen LogP contribution in [0.25, 0.3) is 0 Å². The molecular weight excluding hydrogens is 216 g/mol. The number of nitriles is 1. The number of nitrogens with zero attached hydrogens (tertiary/aromatic N) is 2. The maximum absolute atomic E-state index is 9.02. The van der Waals surface area contributed by atoms with E-state index in [4.69, 9.17) is 5.26 Å². The predicted octanol–water partition coefficient (Wildman–Crippen LogP) is 2.50. The maximum Gasteiger partial charge on any atom is 0.0995 e. The van der Waals surface area contributed by atoms with E-state index in [0.29, 0.717) is 6.04 Å². The molecular formula is C13H16N2S. The SMILES string of the molecule is CN(Cc1ccccc1C#N)C1CCSC1. The molecule has 1 fully saturated rings. The Labute approximate surface area is 101 Å². The summed E-state index contributed by atoms with van der Waals surface area (Å²) in [6.07, 6.45) is 1.27. The Morgan fingerprint density at radius 1 is 1.50 bits per heavy atom. The lowest BCUT2D eigenvalue weighted by atomic mass is 10.1. The van der Waals surface area contributed by atoms with Gasteiger partial charge in [0.1, 0.15) is 0 Å². The van der Waals surface area contributed by atoms with Crippen LogP contribution in [-0.4, -0.2) is 29.5 Å². The molecule has 1 unspecified atom stereocenters. The third-order valence-electron chi connectivity index (χ3n) is 3.09. The molecule has 1 saturated heterocycles. The lowest BCUT2D eigenvalue weighted by molar-refractivity contribution is 0.254. The minimum atomic E-state index is 0.678. The molecule has 1 atom stereocenters. The first kappa shape index (κ1) is 11.5. The van der Waals surface area contributed by atoms with Gasteiger partial charge in [-0.15, -0.1) is 0 Å². The van der Waals surface area contributed by atoms with Gasteiger partial charge in [0.05, 0.1) is 11.6 Å². The van der Waals surface area contributed by atoms with Crippen LogP contribution in [-0.2, 0) is 6.54 Å². The minimum Gasteiger partial charge on any atom is -0.298 e. The van der Waals surface area contributed by atoms with Crippen LogP contribution in [0.3, 0.4) is 0 Å². The molecule has 3 heteroatoms. The number of thioether (sulfide) groups is 1. The molecule has 0 aromatic heterocycles. The quantitative estimate of drug-likeness (QED) is 0.801. The third-order valence-corrected chi connectivity index (χ3v) is 4.23. The van der Waals surface area contributed by atoms with Crippen LogP contribution in [0.4, 0.5) is 0 Å². The van der Waals surface area contributed by atoms with E-state index >= 15 is 0 Å². The van der Waals surface area contributed by atoms with Gasteiger partial charge >= 0.3 is 0 Å². The van der Waals surface area contributed by atoms with E-state index in [1.54, 1.807) is 0 Å². The van der Waals surface area contributed by atoms with Crippen molar-refractivity contribution in [2.75, 3.05) is 18.6 Å². The molecule has 1 heterocycles. The second-order valence-electron chi connectivity index (χ2n) is 4.20. The van der Waals surface area contributed by atoms with Crippen molar-refractivity contribution in [2.45, 2.75) is 19.0 Å². The second-order valence-corrected chi connectivity index (χ2v) is 5.35. The van der Waals surface area contributed by atoms with Gasteiger partial charge in [0.2, 0.25) is 0 Å². The molecule has 0 bridgehead atoms. The first-order valence-electron chi connectivity index (χ1n) is 5.57. The summed E-state index contributed by atoms with van der Waals surface area (Å²) >= 11 is 2.02. The maximum atomic E-state index is 9.02. The standard InChI is InChI=1S/C13H16N2S/c1-15(13-6-7-16-10-13)9-12-5-3-2-4-11(12)8-14/h2-5,13H,6-7,9-10H2,1H3. The molecule has 0 aliphatic carbocycles. The van der Waals surface area contributed by atoms with Gasteiger partial charge in [0.25, 0.3) is 0 Å². The fraction of sp³-hybridized carbons (Fsp3) is 0.462. The van der Waals surface area contributed by atoms with E-state index in [9.17, 15) is 0 Å². The molecule has 16 heavy (non-hydrogen) atoms. The average Bonchev–Trinajstić information content (AvgIpc) is 2.83. The summed E-state index contributed by atoms with van der Waals surface area (Å²) in [7, 11) is 2.16. The van der Waals surface area contributed by atoms with Gasteiger partial charge in [0.15, 0.2) is 0 Å². The fourth-order valence-electron chi connectivity index (χ4n) is 2.03. The molecule has 0 N–H and O–H groups in total. The zero-order chi connectivity index (χ0) is 11.4. The van der Waals surface area contributed by atoms with Gasteiger partial charge < -0.3 is 0 Å². The van der Waals surface area contributed by atoms with Crippen LogP contribution in [0.5, 0.6) is 0 Å². The van der Waals surface area contributed by atoms with Crippen molar-refractivity contribution in [3.63, 3.8) is 0 Å². The molecule has 1 aromatic rings. The van der Waals surface area contributed by atoms with Crippen molar-refractivity contribution in [3.8, 4) is 6.07 Å². The van der Waals surface area contributed by atoms with Crippen LogP contribution in [0.15, 0.2) is 24.3 Å². The van der Waals surface area contributed by atoms with E-state index in [1.807, 2.05) is 30.0 Å². The number of hydrogen-bond acceptors (Lipinski definition) is 3. The Kier molecular flexibility index (Phi) is 3.87. The highest BCUT2D eigenvalue weighted by Gasteiger charge is 2.20. The molecule has 0 spiro atoms. The summed E-state index contributed by atoms with van der Waals surface area (Å²) in [5, 5.41) is 9.02. The van der Waals surface area contributed by atoms with Gasteiger partial charge in [-0.2, -0.15) is 17.0 Å². The van der Waals surface area contributed by atoms with Crippen LogP contribution in [0, 0.1) is 11.3 Å². The Bertz CT molecular complexity index is 391. The smallest absolute Gasteiger partial charge is 0.0995 e.